The number of nitrogens with zero attached hydrogens (tertiary/aromatic N) is 2. The molecule has 3 rings (SSSR count). The highest BCUT2D eigenvalue weighted by molar-refractivity contribution is 7.16. The van der Waals surface area contributed by atoms with Crippen LogP contribution < -0.4 is 5.73 Å². The molecule has 0 aliphatic heterocycles. The van der Waals surface area contributed by atoms with Crippen LogP contribution in [0.2, 0.25) is 0 Å². The third-order valence-corrected chi connectivity index (χ3v) is 5.18. The molecule has 1 saturated carbocycles. The van der Waals surface area contributed by atoms with Gasteiger partial charge in [-0.05, 0) is 25.3 Å². The Bertz CT molecular complexity index is 619. The molecule has 0 saturated heterocycles. The number of hydrogen-bond acceptors (Lipinski definition) is 4. The van der Waals surface area contributed by atoms with Crippen molar-refractivity contribution in [3.63, 3.8) is 0 Å². The van der Waals surface area contributed by atoms with Crippen molar-refractivity contribution in [1.82, 2.24) is 9.88 Å². The number of hydrogen-bond donors (Lipinski definition) is 1. The highest BCUT2D eigenvalue weighted by Gasteiger charge is 2.33. The fourth-order valence-electron chi connectivity index (χ4n) is 2.64. The molecule has 0 radical (unpaired) electrons. The van der Waals surface area contributed by atoms with E-state index in [1.54, 1.807) is 6.20 Å². The summed E-state index contributed by atoms with van der Waals surface area (Å²) < 4.78 is 0. The molecule has 0 atom stereocenters. The van der Waals surface area contributed by atoms with Crippen LogP contribution in [0.5, 0.6) is 0 Å². The van der Waals surface area contributed by atoms with E-state index in [2.05, 4.69) is 4.98 Å². The van der Waals surface area contributed by atoms with E-state index in [1.807, 2.05) is 42.3 Å². The van der Waals surface area contributed by atoms with Crippen LogP contribution in [0, 0.1) is 5.92 Å². The Kier molecular flexibility index (Phi) is 4.03. The zero-order valence-electron chi connectivity index (χ0n) is 12.0. The van der Waals surface area contributed by atoms with Crippen molar-refractivity contribution in [1.29, 1.82) is 0 Å². The highest BCUT2D eigenvalue weighted by atomic mass is 32.1. The number of aromatic nitrogens is 1. The standard InChI is InChI=1S/C16H19N3OS/c1-19(13-7-11(8-13)9-17)16(20)14-10-18-15(21-14)12-5-3-2-4-6-12/h2-6,10-11,13H,7-9,17H2,1H3. The summed E-state index contributed by atoms with van der Waals surface area (Å²) in [7, 11) is 1.88. The Morgan fingerprint density at radius 1 is 1.38 bits per heavy atom. The average molecular weight is 301 g/mol. The summed E-state index contributed by atoms with van der Waals surface area (Å²) in [6.45, 7) is 0.719. The first-order valence-electron chi connectivity index (χ1n) is 7.17. The number of nitrogens with two attached hydrogens (primary N) is 1. The van der Waals surface area contributed by atoms with Gasteiger partial charge >= 0.3 is 0 Å². The number of carbonyl (C=O) groups excluding carboxylic acids is 1. The molecule has 1 amide bonds. The molecule has 1 fully saturated rings. The van der Waals surface area contributed by atoms with E-state index in [0.29, 0.717) is 16.8 Å². The second-order valence-corrected chi connectivity index (χ2v) is 6.57. The molecule has 0 unspecified atom stereocenters. The molecule has 0 bridgehead atoms. The Morgan fingerprint density at radius 3 is 2.76 bits per heavy atom. The number of benzene rings is 1. The van der Waals surface area contributed by atoms with Gasteiger partial charge in [0.1, 0.15) is 9.88 Å². The lowest BCUT2D eigenvalue weighted by molar-refractivity contribution is 0.0564. The summed E-state index contributed by atoms with van der Waals surface area (Å²) in [5.41, 5.74) is 6.69. The van der Waals surface area contributed by atoms with Crippen LogP contribution in [0.25, 0.3) is 10.6 Å². The second kappa shape index (κ2) is 5.95. The van der Waals surface area contributed by atoms with Crippen LogP contribution in [0.3, 0.4) is 0 Å². The lowest BCUT2D eigenvalue weighted by atomic mass is 9.79. The Hall–Kier alpha value is -1.72. The molecule has 1 heterocycles. The minimum atomic E-state index is 0.0650. The van der Waals surface area contributed by atoms with Gasteiger partial charge in [0.05, 0.1) is 6.20 Å². The maximum Gasteiger partial charge on any atom is 0.265 e. The number of thiazole rings is 1. The maximum absolute atomic E-state index is 12.5. The van der Waals surface area contributed by atoms with Gasteiger partial charge in [0.15, 0.2) is 0 Å². The van der Waals surface area contributed by atoms with Crippen LogP contribution >= 0.6 is 11.3 Å². The predicted molar refractivity (Wildman–Crippen MR) is 85.2 cm³/mol. The van der Waals surface area contributed by atoms with E-state index in [4.69, 9.17) is 5.73 Å². The van der Waals surface area contributed by atoms with Gasteiger partial charge in [-0.25, -0.2) is 4.98 Å². The summed E-state index contributed by atoms with van der Waals surface area (Å²) in [5, 5.41) is 0.890. The fraction of sp³-hybridized carbons (Fsp3) is 0.375. The highest BCUT2D eigenvalue weighted by Crippen LogP contribution is 2.32. The van der Waals surface area contributed by atoms with Crippen molar-refractivity contribution in [2.75, 3.05) is 13.6 Å². The Labute approximate surface area is 128 Å². The average Bonchev–Trinajstić information content (AvgIpc) is 2.96. The fourth-order valence-corrected chi connectivity index (χ4v) is 3.54. The van der Waals surface area contributed by atoms with Crippen molar-refractivity contribution >= 4 is 17.2 Å². The third kappa shape index (κ3) is 2.84. The largest absolute Gasteiger partial charge is 0.338 e. The molecule has 21 heavy (non-hydrogen) atoms. The molecule has 1 aliphatic carbocycles. The van der Waals surface area contributed by atoms with Gasteiger partial charge in [-0.15, -0.1) is 11.3 Å². The monoisotopic (exact) mass is 301 g/mol. The molecule has 1 aromatic carbocycles. The second-order valence-electron chi connectivity index (χ2n) is 5.54. The van der Waals surface area contributed by atoms with Crippen molar-refractivity contribution in [2.24, 2.45) is 11.7 Å². The van der Waals surface area contributed by atoms with E-state index in [9.17, 15) is 4.79 Å². The molecule has 5 heteroatoms. The van der Waals surface area contributed by atoms with Gasteiger partial charge in [0, 0.05) is 18.7 Å². The summed E-state index contributed by atoms with van der Waals surface area (Å²) in [4.78, 5) is 19.4. The quantitative estimate of drug-likeness (QED) is 0.944. The van der Waals surface area contributed by atoms with Gasteiger partial charge in [0.25, 0.3) is 5.91 Å². The molecule has 2 N–H and O–H groups in total. The van der Waals surface area contributed by atoms with E-state index >= 15 is 0 Å². The van der Waals surface area contributed by atoms with Gasteiger partial charge in [0.2, 0.25) is 0 Å². The van der Waals surface area contributed by atoms with Gasteiger partial charge in [-0.2, -0.15) is 0 Å². The minimum absolute atomic E-state index is 0.0650. The lowest BCUT2D eigenvalue weighted by Crippen LogP contribution is -2.47. The molecule has 110 valence electrons. The zero-order chi connectivity index (χ0) is 14.8. The lowest BCUT2D eigenvalue weighted by Gasteiger charge is -2.40. The van der Waals surface area contributed by atoms with Crippen LogP contribution in [0.15, 0.2) is 36.5 Å². The van der Waals surface area contributed by atoms with E-state index in [-0.39, 0.29) is 5.91 Å². The molecule has 1 aliphatic rings. The van der Waals surface area contributed by atoms with Crippen LogP contribution in [-0.2, 0) is 0 Å². The molecular formula is C16H19N3OS. The summed E-state index contributed by atoms with van der Waals surface area (Å²) in [6.07, 6.45) is 3.72. The van der Waals surface area contributed by atoms with E-state index in [1.165, 1.54) is 11.3 Å². The molecule has 0 spiro atoms. The van der Waals surface area contributed by atoms with Crippen molar-refractivity contribution in [2.45, 2.75) is 18.9 Å². The molecule has 2 aromatic rings. The Balaban J connectivity index is 1.70. The minimum Gasteiger partial charge on any atom is -0.338 e. The maximum atomic E-state index is 12.5. The topological polar surface area (TPSA) is 59.2 Å². The van der Waals surface area contributed by atoms with Gasteiger partial charge < -0.3 is 10.6 Å². The van der Waals surface area contributed by atoms with Crippen LogP contribution in [-0.4, -0.2) is 35.4 Å². The van der Waals surface area contributed by atoms with Crippen LogP contribution in [0.1, 0.15) is 22.5 Å². The molecular weight excluding hydrogens is 282 g/mol. The first-order chi connectivity index (χ1) is 10.2. The summed E-state index contributed by atoms with van der Waals surface area (Å²) >= 11 is 1.45. The van der Waals surface area contributed by atoms with E-state index < -0.39 is 0 Å². The third-order valence-electron chi connectivity index (χ3n) is 4.15. The van der Waals surface area contributed by atoms with Crippen molar-refractivity contribution in [3.05, 3.63) is 41.4 Å². The van der Waals surface area contributed by atoms with Gasteiger partial charge in [-0.3, -0.25) is 4.79 Å². The first kappa shape index (κ1) is 14.2. The zero-order valence-corrected chi connectivity index (χ0v) is 12.8. The number of amides is 1. The van der Waals surface area contributed by atoms with Crippen molar-refractivity contribution < 1.29 is 4.79 Å². The SMILES string of the molecule is CN(C(=O)c1cnc(-c2ccccc2)s1)C1CC(CN)C1. The smallest absolute Gasteiger partial charge is 0.265 e. The van der Waals surface area contributed by atoms with E-state index in [0.717, 1.165) is 30.0 Å². The van der Waals surface area contributed by atoms with Crippen molar-refractivity contribution in [3.8, 4) is 10.6 Å². The molecule has 4 nitrogen and oxygen atoms in total. The normalized spacial score (nSPS) is 20.9. The first-order valence-corrected chi connectivity index (χ1v) is 7.99. The molecule has 1 aromatic heterocycles. The predicted octanol–water partition coefficient (Wildman–Crippen LogP) is 2.62. The van der Waals surface area contributed by atoms with Gasteiger partial charge in [-0.1, -0.05) is 30.3 Å². The Morgan fingerprint density at radius 2 is 2.10 bits per heavy atom. The number of rotatable bonds is 4. The van der Waals surface area contributed by atoms with Crippen LogP contribution in [0.4, 0.5) is 0 Å². The number of carbonyl (C=O) groups is 1. The summed E-state index contributed by atoms with van der Waals surface area (Å²) in [6, 6.07) is 10.3. The summed E-state index contributed by atoms with van der Waals surface area (Å²) in [5.74, 6) is 0.641.